The summed E-state index contributed by atoms with van der Waals surface area (Å²) in [6, 6.07) is 7.67. The second-order valence-corrected chi connectivity index (χ2v) is 3.86. The third-order valence-corrected chi connectivity index (χ3v) is 2.23. The van der Waals surface area contributed by atoms with Crippen molar-refractivity contribution in [3.8, 4) is 0 Å². The Labute approximate surface area is 104 Å². The largest absolute Gasteiger partial charge is 0.375 e. The molecule has 0 fully saturated rings. The molecule has 0 amide bonds. The summed E-state index contributed by atoms with van der Waals surface area (Å²) in [5.41, 5.74) is 10.9. The molecule has 6 heteroatoms. The van der Waals surface area contributed by atoms with Crippen LogP contribution in [-0.4, -0.2) is 21.3 Å². The molecule has 1 aromatic heterocycles. The van der Waals surface area contributed by atoms with Crippen molar-refractivity contribution in [2.75, 3.05) is 0 Å². The monoisotopic (exact) mass is 245 g/mol. The number of hydrogen-bond donors (Lipinski definition) is 2. The maximum Gasteiger partial charge on any atom is 0.184 e. The zero-order valence-electron chi connectivity index (χ0n) is 9.21. The van der Waals surface area contributed by atoms with Crippen molar-refractivity contribution in [3.63, 3.8) is 0 Å². The quantitative estimate of drug-likeness (QED) is 0.471. The van der Waals surface area contributed by atoms with Crippen LogP contribution in [0.1, 0.15) is 11.4 Å². The molecule has 2 rings (SSSR count). The second-order valence-electron chi connectivity index (χ2n) is 3.42. The third-order valence-electron chi connectivity index (χ3n) is 2.14. The van der Waals surface area contributed by atoms with Crippen LogP contribution >= 0.6 is 12.2 Å². The SMILES string of the molecule is Cc1nc2ccccc2nc1/C=N/NC(N)=S. The number of benzene rings is 1. The van der Waals surface area contributed by atoms with Crippen molar-refractivity contribution in [2.24, 2.45) is 10.8 Å². The number of nitrogens with zero attached hydrogens (tertiary/aromatic N) is 3. The van der Waals surface area contributed by atoms with Gasteiger partial charge in [-0.2, -0.15) is 5.10 Å². The first-order valence-electron chi connectivity index (χ1n) is 4.99. The van der Waals surface area contributed by atoms with Crippen molar-refractivity contribution in [2.45, 2.75) is 6.92 Å². The van der Waals surface area contributed by atoms with Gasteiger partial charge in [-0.3, -0.25) is 5.43 Å². The van der Waals surface area contributed by atoms with E-state index in [9.17, 15) is 0 Å². The van der Waals surface area contributed by atoms with Gasteiger partial charge >= 0.3 is 0 Å². The van der Waals surface area contributed by atoms with Crippen LogP contribution in [0.5, 0.6) is 0 Å². The van der Waals surface area contributed by atoms with Gasteiger partial charge in [0.2, 0.25) is 0 Å². The Bertz CT molecular complexity index is 593. The lowest BCUT2D eigenvalue weighted by Gasteiger charge is -2.02. The number of nitrogens with two attached hydrogens (primary N) is 1. The standard InChI is InChI=1S/C11H11N5S/c1-7-10(6-13-16-11(12)17)15-9-5-3-2-4-8(9)14-7/h2-6H,1H3,(H3,12,16,17)/b13-6+. The van der Waals surface area contributed by atoms with Gasteiger partial charge in [0.05, 0.1) is 22.9 Å². The van der Waals surface area contributed by atoms with Crippen molar-refractivity contribution in [1.82, 2.24) is 15.4 Å². The minimum atomic E-state index is 0.118. The van der Waals surface area contributed by atoms with E-state index < -0.39 is 0 Å². The minimum absolute atomic E-state index is 0.118. The number of aryl methyl sites for hydroxylation is 1. The molecule has 3 N–H and O–H groups in total. The predicted octanol–water partition coefficient (Wildman–Crippen LogP) is 1.11. The predicted molar refractivity (Wildman–Crippen MR) is 71.8 cm³/mol. The zero-order valence-corrected chi connectivity index (χ0v) is 10.0. The number of aromatic nitrogens is 2. The maximum atomic E-state index is 5.26. The van der Waals surface area contributed by atoms with Crippen LogP contribution in [0.3, 0.4) is 0 Å². The lowest BCUT2D eigenvalue weighted by Crippen LogP contribution is -2.24. The van der Waals surface area contributed by atoms with Gasteiger partial charge in [0, 0.05) is 0 Å². The first-order chi connectivity index (χ1) is 8.16. The van der Waals surface area contributed by atoms with Gasteiger partial charge in [0.25, 0.3) is 0 Å². The first kappa shape index (κ1) is 11.4. The van der Waals surface area contributed by atoms with Crippen LogP contribution in [-0.2, 0) is 0 Å². The van der Waals surface area contributed by atoms with Crippen molar-refractivity contribution >= 4 is 34.6 Å². The molecule has 0 bridgehead atoms. The van der Waals surface area contributed by atoms with E-state index in [0.29, 0.717) is 5.69 Å². The van der Waals surface area contributed by atoms with E-state index in [4.69, 9.17) is 5.73 Å². The number of para-hydroxylation sites is 2. The highest BCUT2D eigenvalue weighted by Crippen LogP contribution is 2.10. The molecule has 1 heterocycles. The van der Waals surface area contributed by atoms with E-state index in [-0.39, 0.29) is 5.11 Å². The van der Waals surface area contributed by atoms with Gasteiger partial charge in [0.15, 0.2) is 5.11 Å². The molecule has 0 aliphatic rings. The Morgan fingerprint density at radius 1 is 1.35 bits per heavy atom. The molecule has 5 nitrogen and oxygen atoms in total. The van der Waals surface area contributed by atoms with Crippen molar-refractivity contribution in [1.29, 1.82) is 0 Å². The van der Waals surface area contributed by atoms with Gasteiger partial charge in [-0.25, -0.2) is 9.97 Å². The fraction of sp³-hybridized carbons (Fsp3) is 0.0909. The highest BCUT2D eigenvalue weighted by atomic mass is 32.1. The summed E-state index contributed by atoms with van der Waals surface area (Å²) in [5, 5.41) is 3.98. The van der Waals surface area contributed by atoms with Crippen molar-refractivity contribution in [3.05, 3.63) is 35.7 Å². The smallest absolute Gasteiger partial charge is 0.184 e. The van der Waals surface area contributed by atoms with Gasteiger partial charge in [-0.15, -0.1) is 0 Å². The summed E-state index contributed by atoms with van der Waals surface area (Å²) in [7, 11) is 0. The molecule has 0 radical (unpaired) electrons. The maximum absolute atomic E-state index is 5.26. The Hall–Kier alpha value is -2.08. The highest BCUT2D eigenvalue weighted by Gasteiger charge is 2.02. The Kier molecular flexibility index (Phi) is 3.24. The summed E-state index contributed by atoms with van der Waals surface area (Å²) < 4.78 is 0. The summed E-state index contributed by atoms with van der Waals surface area (Å²) >= 11 is 4.64. The number of hydrogen-bond acceptors (Lipinski definition) is 4. The van der Waals surface area contributed by atoms with Crippen LogP contribution in [0, 0.1) is 6.92 Å². The first-order valence-corrected chi connectivity index (χ1v) is 5.39. The second kappa shape index (κ2) is 4.84. The lowest BCUT2D eigenvalue weighted by molar-refractivity contribution is 1.03. The molecule has 0 unspecified atom stereocenters. The molecule has 1 aromatic carbocycles. The average Bonchev–Trinajstić information content (AvgIpc) is 2.29. The van der Waals surface area contributed by atoms with E-state index in [0.717, 1.165) is 16.7 Å². The fourth-order valence-corrected chi connectivity index (χ4v) is 1.43. The lowest BCUT2D eigenvalue weighted by atomic mass is 10.2. The molecule has 0 atom stereocenters. The number of thiocarbonyl (C=S) groups is 1. The minimum Gasteiger partial charge on any atom is -0.375 e. The highest BCUT2D eigenvalue weighted by molar-refractivity contribution is 7.80. The van der Waals surface area contributed by atoms with E-state index >= 15 is 0 Å². The van der Waals surface area contributed by atoms with Crippen molar-refractivity contribution < 1.29 is 0 Å². The molecule has 0 aliphatic heterocycles. The molecule has 2 aromatic rings. The van der Waals surface area contributed by atoms with Crippen LogP contribution in [0.4, 0.5) is 0 Å². The number of fused-ring (bicyclic) bond motifs is 1. The van der Waals surface area contributed by atoms with Crippen LogP contribution in [0.25, 0.3) is 11.0 Å². The molecule has 0 aliphatic carbocycles. The zero-order chi connectivity index (χ0) is 12.3. The van der Waals surface area contributed by atoms with Crippen LogP contribution < -0.4 is 11.2 Å². The molecule has 0 saturated carbocycles. The molecule has 0 spiro atoms. The van der Waals surface area contributed by atoms with E-state index in [1.807, 2.05) is 31.2 Å². The van der Waals surface area contributed by atoms with E-state index in [2.05, 4.69) is 32.7 Å². The summed E-state index contributed by atoms with van der Waals surface area (Å²) in [4.78, 5) is 8.86. The average molecular weight is 245 g/mol. The number of rotatable bonds is 2. The molecular formula is C11H11N5S. The van der Waals surface area contributed by atoms with Crippen LogP contribution in [0.15, 0.2) is 29.4 Å². The molecular weight excluding hydrogens is 234 g/mol. The van der Waals surface area contributed by atoms with E-state index in [1.54, 1.807) is 6.21 Å². The molecule has 17 heavy (non-hydrogen) atoms. The number of hydrazone groups is 1. The summed E-state index contributed by atoms with van der Waals surface area (Å²) in [6.45, 7) is 1.88. The third kappa shape index (κ3) is 2.73. The number of nitrogens with one attached hydrogen (secondary N) is 1. The fourth-order valence-electron chi connectivity index (χ4n) is 1.38. The Balaban J connectivity index is 2.37. The van der Waals surface area contributed by atoms with Crippen LogP contribution in [0.2, 0.25) is 0 Å². The normalized spacial score (nSPS) is 10.9. The Morgan fingerprint density at radius 3 is 2.65 bits per heavy atom. The van der Waals surface area contributed by atoms with Gasteiger partial charge in [-0.05, 0) is 31.3 Å². The van der Waals surface area contributed by atoms with E-state index in [1.165, 1.54) is 0 Å². The van der Waals surface area contributed by atoms with Gasteiger partial charge in [0.1, 0.15) is 5.69 Å². The Morgan fingerprint density at radius 2 is 2.00 bits per heavy atom. The summed E-state index contributed by atoms with van der Waals surface area (Å²) in [5.74, 6) is 0. The molecule has 86 valence electrons. The summed E-state index contributed by atoms with van der Waals surface area (Å²) in [6.07, 6.45) is 1.55. The molecule has 0 saturated heterocycles. The topological polar surface area (TPSA) is 76.2 Å². The van der Waals surface area contributed by atoms with Gasteiger partial charge < -0.3 is 5.73 Å². The van der Waals surface area contributed by atoms with Gasteiger partial charge in [-0.1, -0.05) is 12.1 Å².